The van der Waals surface area contributed by atoms with Crippen LogP contribution in [0.4, 0.5) is 10.5 Å². The Bertz CT molecular complexity index is 969. The lowest BCUT2D eigenvalue weighted by Gasteiger charge is -2.40. The summed E-state index contributed by atoms with van der Waals surface area (Å²) in [5.74, 6) is -0.990. The molecule has 2 aromatic rings. The number of fused-ring (bicyclic) bond motifs is 1. The highest BCUT2D eigenvalue weighted by atomic mass is 16.4. The Morgan fingerprint density at radius 2 is 2.07 bits per heavy atom. The van der Waals surface area contributed by atoms with Crippen molar-refractivity contribution < 1.29 is 19.5 Å². The zero-order chi connectivity index (χ0) is 20.0. The van der Waals surface area contributed by atoms with Crippen LogP contribution in [0, 0.1) is 0 Å². The van der Waals surface area contributed by atoms with Gasteiger partial charge in [-0.05, 0) is 19.4 Å². The van der Waals surface area contributed by atoms with Crippen LogP contribution in [0.1, 0.15) is 31.4 Å². The quantitative estimate of drug-likeness (QED) is 0.754. The Balaban J connectivity index is 1.72. The van der Waals surface area contributed by atoms with E-state index in [1.807, 2.05) is 32.2 Å². The summed E-state index contributed by atoms with van der Waals surface area (Å²) in [5, 5.41) is 17.2. The van der Waals surface area contributed by atoms with Gasteiger partial charge in [0.1, 0.15) is 0 Å². The molecule has 2 atom stereocenters. The second-order valence-corrected chi connectivity index (χ2v) is 7.46. The van der Waals surface area contributed by atoms with Gasteiger partial charge in [-0.1, -0.05) is 12.1 Å². The number of rotatable bonds is 2. The van der Waals surface area contributed by atoms with Crippen LogP contribution in [0.25, 0.3) is 10.9 Å². The van der Waals surface area contributed by atoms with E-state index < -0.39 is 12.0 Å². The minimum Gasteiger partial charge on any atom is -0.465 e. The first kappa shape index (κ1) is 18.3. The standard InChI is InChI=1S/C19H23N5O4/c1-11-10-23(19(27)28)8-9-24(11)14-5-3-4-12-16(21-22(2)17(12)14)13-6-7-15(25)20-18(13)26/h3-5,11,13H,6-10H2,1-2H3,(H,27,28)(H,20,25,26)/t11-,13?/m1/s1. The van der Waals surface area contributed by atoms with Crippen molar-refractivity contribution in [1.82, 2.24) is 20.0 Å². The predicted octanol–water partition coefficient (Wildman–Crippen LogP) is 1.28. The van der Waals surface area contributed by atoms with Gasteiger partial charge in [0.2, 0.25) is 11.8 Å². The summed E-state index contributed by atoms with van der Waals surface area (Å²) in [7, 11) is 1.85. The highest BCUT2D eigenvalue weighted by molar-refractivity contribution is 6.03. The lowest BCUT2D eigenvalue weighted by molar-refractivity contribution is -0.134. The maximum atomic E-state index is 12.3. The molecule has 3 amide bonds. The molecule has 28 heavy (non-hydrogen) atoms. The van der Waals surface area contributed by atoms with Crippen LogP contribution in [0.2, 0.25) is 0 Å². The molecular formula is C19H23N5O4. The second-order valence-electron chi connectivity index (χ2n) is 7.46. The molecule has 0 saturated carbocycles. The van der Waals surface area contributed by atoms with Crippen LogP contribution in [0.3, 0.4) is 0 Å². The molecule has 0 spiro atoms. The number of piperazine rings is 1. The number of para-hydroxylation sites is 1. The third-order valence-electron chi connectivity index (χ3n) is 5.65. The van der Waals surface area contributed by atoms with Crippen LogP contribution in [-0.4, -0.2) is 63.4 Å². The zero-order valence-corrected chi connectivity index (χ0v) is 15.9. The first-order valence-corrected chi connectivity index (χ1v) is 9.40. The van der Waals surface area contributed by atoms with Gasteiger partial charge in [0.05, 0.1) is 22.8 Å². The summed E-state index contributed by atoms with van der Waals surface area (Å²) in [5.41, 5.74) is 2.57. The van der Waals surface area contributed by atoms with Gasteiger partial charge >= 0.3 is 6.09 Å². The lowest BCUT2D eigenvalue weighted by Crippen LogP contribution is -2.53. The van der Waals surface area contributed by atoms with Crippen molar-refractivity contribution in [3.05, 3.63) is 23.9 Å². The number of benzene rings is 1. The number of aryl methyl sites for hydroxylation is 1. The van der Waals surface area contributed by atoms with E-state index in [-0.39, 0.29) is 17.9 Å². The topological polar surface area (TPSA) is 108 Å². The first-order valence-electron chi connectivity index (χ1n) is 9.40. The van der Waals surface area contributed by atoms with E-state index in [0.29, 0.717) is 38.2 Å². The molecule has 9 heteroatoms. The Kier molecular flexibility index (Phi) is 4.44. The van der Waals surface area contributed by atoms with Crippen molar-refractivity contribution >= 4 is 34.5 Å². The van der Waals surface area contributed by atoms with E-state index in [4.69, 9.17) is 0 Å². The van der Waals surface area contributed by atoms with E-state index in [1.54, 1.807) is 4.68 Å². The fourth-order valence-corrected chi connectivity index (χ4v) is 4.28. The summed E-state index contributed by atoms with van der Waals surface area (Å²) in [6.45, 7) is 3.47. The normalized spacial score (nSPS) is 23.2. The van der Waals surface area contributed by atoms with Crippen molar-refractivity contribution in [3.8, 4) is 0 Å². The number of amides is 3. The number of carbonyl (C=O) groups is 3. The Morgan fingerprint density at radius 3 is 2.75 bits per heavy atom. The van der Waals surface area contributed by atoms with Gasteiger partial charge < -0.3 is 14.9 Å². The Hall–Kier alpha value is -3.10. The number of hydrogen-bond acceptors (Lipinski definition) is 5. The molecule has 148 valence electrons. The average Bonchev–Trinajstić information content (AvgIpc) is 2.98. The third-order valence-corrected chi connectivity index (χ3v) is 5.65. The number of anilines is 1. The highest BCUT2D eigenvalue weighted by Crippen LogP contribution is 2.35. The molecule has 2 N–H and O–H groups in total. The zero-order valence-electron chi connectivity index (χ0n) is 15.9. The number of aromatic nitrogens is 2. The average molecular weight is 385 g/mol. The number of hydrogen-bond donors (Lipinski definition) is 2. The number of nitrogens with zero attached hydrogens (tertiary/aromatic N) is 4. The molecular weight excluding hydrogens is 362 g/mol. The largest absolute Gasteiger partial charge is 0.465 e. The van der Waals surface area contributed by atoms with Gasteiger partial charge in [-0.15, -0.1) is 0 Å². The van der Waals surface area contributed by atoms with Crippen LogP contribution in [0.5, 0.6) is 0 Å². The van der Waals surface area contributed by atoms with Gasteiger partial charge in [-0.25, -0.2) is 4.79 Å². The molecule has 9 nitrogen and oxygen atoms in total. The molecule has 0 bridgehead atoms. The third kappa shape index (κ3) is 2.96. The number of nitrogens with one attached hydrogen (secondary N) is 1. The summed E-state index contributed by atoms with van der Waals surface area (Å²) in [4.78, 5) is 38.7. The molecule has 4 rings (SSSR count). The van der Waals surface area contributed by atoms with Crippen molar-refractivity contribution in [3.63, 3.8) is 0 Å². The van der Waals surface area contributed by atoms with Gasteiger partial charge in [0, 0.05) is 44.5 Å². The van der Waals surface area contributed by atoms with E-state index in [9.17, 15) is 19.5 Å². The number of piperidine rings is 1. The van der Waals surface area contributed by atoms with Gasteiger partial charge in [0.25, 0.3) is 0 Å². The van der Waals surface area contributed by atoms with E-state index >= 15 is 0 Å². The van der Waals surface area contributed by atoms with Crippen molar-refractivity contribution in [2.45, 2.75) is 31.7 Å². The van der Waals surface area contributed by atoms with E-state index in [2.05, 4.69) is 15.3 Å². The molecule has 1 aromatic carbocycles. The summed E-state index contributed by atoms with van der Waals surface area (Å²) in [6, 6.07) is 5.91. The fourth-order valence-electron chi connectivity index (χ4n) is 4.28. The number of carbonyl (C=O) groups excluding carboxylic acids is 2. The molecule has 2 aliphatic heterocycles. The van der Waals surface area contributed by atoms with Crippen LogP contribution >= 0.6 is 0 Å². The SMILES string of the molecule is C[C@@H]1CN(C(=O)O)CCN1c1cccc2c(C3CCC(=O)NC3=O)nn(C)c12. The number of carboxylic acid groups (broad SMARTS) is 1. The maximum Gasteiger partial charge on any atom is 0.407 e. The fraction of sp³-hybridized carbons (Fsp3) is 0.474. The van der Waals surface area contributed by atoms with Crippen LogP contribution in [-0.2, 0) is 16.6 Å². The smallest absolute Gasteiger partial charge is 0.407 e. The van der Waals surface area contributed by atoms with Crippen molar-refractivity contribution in [1.29, 1.82) is 0 Å². The van der Waals surface area contributed by atoms with Crippen LogP contribution in [0.15, 0.2) is 18.2 Å². The van der Waals surface area contributed by atoms with Crippen LogP contribution < -0.4 is 10.2 Å². The van der Waals surface area contributed by atoms with Crippen molar-refractivity contribution in [2.75, 3.05) is 24.5 Å². The molecule has 0 radical (unpaired) electrons. The molecule has 1 aromatic heterocycles. The predicted molar refractivity (Wildman–Crippen MR) is 102 cm³/mol. The monoisotopic (exact) mass is 385 g/mol. The summed E-state index contributed by atoms with van der Waals surface area (Å²) >= 11 is 0. The first-order chi connectivity index (χ1) is 13.4. The van der Waals surface area contributed by atoms with Gasteiger partial charge in [-0.2, -0.15) is 5.10 Å². The molecule has 0 aliphatic carbocycles. The minimum atomic E-state index is -0.898. The molecule has 3 heterocycles. The molecule has 2 saturated heterocycles. The lowest BCUT2D eigenvalue weighted by atomic mass is 9.92. The minimum absolute atomic E-state index is 0.0180. The molecule has 1 unspecified atom stereocenters. The number of imide groups is 1. The summed E-state index contributed by atoms with van der Waals surface area (Å²) in [6.07, 6.45) is -0.137. The Morgan fingerprint density at radius 1 is 1.29 bits per heavy atom. The van der Waals surface area contributed by atoms with E-state index in [0.717, 1.165) is 16.6 Å². The van der Waals surface area contributed by atoms with Gasteiger partial charge in [-0.3, -0.25) is 19.6 Å². The van der Waals surface area contributed by atoms with Crippen molar-refractivity contribution in [2.24, 2.45) is 7.05 Å². The summed E-state index contributed by atoms with van der Waals surface area (Å²) < 4.78 is 1.78. The maximum absolute atomic E-state index is 12.3. The highest BCUT2D eigenvalue weighted by Gasteiger charge is 2.33. The van der Waals surface area contributed by atoms with E-state index in [1.165, 1.54) is 4.90 Å². The second kappa shape index (κ2) is 6.81. The Labute approximate surface area is 161 Å². The molecule has 2 fully saturated rings. The van der Waals surface area contributed by atoms with Gasteiger partial charge in [0.15, 0.2) is 0 Å². The molecule has 2 aliphatic rings.